The Morgan fingerprint density at radius 3 is 2.61 bits per heavy atom. The van der Waals surface area contributed by atoms with Gasteiger partial charge in [-0.15, -0.1) is 0 Å². The van der Waals surface area contributed by atoms with Gasteiger partial charge in [0.1, 0.15) is 16.7 Å². The highest BCUT2D eigenvalue weighted by Gasteiger charge is 2.01. The van der Waals surface area contributed by atoms with Gasteiger partial charge in [-0.05, 0) is 17.7 Å². The molecule has 1 aromatic carbocycles. The average Bonchev–Trinajstić information content (AvgIpc) is 2.36. The molecule has 1 aromatic heterocycles. The van der Waals surface area contributed by atoms with Gasteiger partial charge in [0.25, 0.3) is 0 Å². The van der Waals surface area contributed by atoms with Crippen LogP contribution in [0.15, 0.2) is 30.3 Å². The molecular formula is C12H11ClIN3O. The smallest absolute Gasteiger partial charge is 0.194 e. The zero-order valence-electron chi connectivity index (χ0n) is 9.65. The number of halogens is 2. The van der Waals surface area contributed by atoms with Gasteiger partial charge in [0.05, 0.1) is 7.11 Å². The van der Waals surface area contributed by atoms with E-state index >= 15 is 0 Å². The van der Waals surface area contributed by atoms with Gasteiger partial charge in [0, 0.05) is 35.2 Å². The van der Waals surface area contributed by atoms with Crippen molar-refractivity contribution in [2.24, 2.45) is 0 Å². The van der Waals surface area contributed by atoms with Crippen LogP contribution in [0.25, 0.3) is 0 Å². The third-order valence-electron chi connectivity index (χ3n) is 2.30. The lowest BCUT2D eigenvalue weighted by molar-refractivity contribution is 0.414. The predicted octanol–water partition coefficient (Wildman–Crippen LogP) is 3.36. The number of hydrogen-bond donors (Lipinski definition) is 1. The molecule has 18 heavy (non-hydrogen) atoms. The van der Waals surface area contributed by atoms with Crippen LogP contribution < -0.4 is 10.1 Å². The van der Waals surface area contributed by atoms with Crippen molar-refractivity contribution in [3.05, 3.63) is 44.9 Å². The number of methoxy groups -OCH3 is 1. The Morgan fingerprint density at radius 2 is 2.00 bits per heavy atom. The number of nitrogens with one attached hydrogen (secondary N) is 1. The molecule has 94 valence electrons. The van der Waals surface area contributed by atoms with Crippen LogP contribution >= 0.6 is 34.2 Å². The molecule has 0 spiro atoms. The average molecular weight is 376 g/mol. The fourth-order valence-corrected chi connectivity index (χ4v) is 2.26. The highest BCUT2D eigenvalue weighted by molar-refractivity contribution is 14.1. The van der Waals surface area contributed by atoms with Crippen LogP contribution in [0.2, 0.25) is 5.15 Å². The van der Waals surface area contributed by atoms with Crippen LogP contribution in [0.4, 0.5) is 5.82 Å². The Bertz CT molecular complexity index is 513. The van der Waals surface area contributed by atoms with Crippen molar-refractivity contribution >= 4 is 40.0 Å². The normalized spacial score (nSPS) is 10.2. The second-order valence-corrected chi connectivity index (χ2v) is 4.90. The molecule has 0 aliphatic rings. The van der Waals surface area contributed by atoms with Crippen molar-refractivity contribution in [1.82, 2.24) is 9.97 Å². The molecule has 0 saturated heterocycles. The van der Waals surface area contributed by atoms with Crippen molar-refractivity contribution in [2.45, 2.75) is 6.54 Å². The summed E-state index contributed by atoms with van der Waals surface area (Å²) in [7, 11) is 1.65. The fraction of sp³-hybridized carbons (Fsp3) is 0.167. The van der Waals surface area contributed by atoms with Gasteiger partial charge >= 0.3 is 0 Å². The quantitative estimate of drug-likeness (QED) is 0.506. The Kier molecular flexibility index (Phi) is 4.60. The summed E-state index contributed by atoms with van der Waals surface area (Å²) in [5.41, 5.74) is 1.14. The van der Waals surface area contributed by atoms with E-state index in [4.69, 9.17) is 16.3 Å². The van der Waals surface area contributed by atoms with Crippen LogP contribution in [0.1, 0.15) is 5.56 Å². The third kappa shape index (κ3) is 3.71. The first-order valence-electron chi connectivity index (χ1n) is 5.24. The van der Waals surface area contributed by atoms with Crippen LogP contribution in [0.3, 0.4) is 0 Å². The number of anilines is 1. The summed E-state index contributed by atoms with van der Waals surface area (Å²) < 4.78 is 5.73. The molecule has 0 unspecified atom stereocenters. The zero-order chi connectivity index (χ0) is 13.0. The zero-order valence-corrected chi connectivity index (χ0v) is 12.6. The standard InChI is InChI=1S/C12H11ClIN3O/c1-18-9-4-2-8(3-5-9)7-15-11-6-10(13)16-12(14)17-11/h2-6H,7H2,1H3,(H,15,16,17). The van der Waals surface area contributed by atoms with Gasteiger partial charge in [-0.25, -0.2) is 9.97 Å². The first kappa shape index (κ1) is 13.4. The maximum Gasteiger partial charge on any atom is 0.194 e. The topological polar surface area (TPSA) is 47.0 Å². The lowest BCUT2D eigenvalue weighted by Crippen LogP contribution is -2.03. The van der Waals surface area contributed by atoms with Crippen molar-refractivity contribution in [2.75, 3.05) is 12.4 Å². The number of rotatable bonds is 4. The summed E-state index contributed by atoms with van der Waals surface area (Å²) in [6.45, 7) is 0.674. The Hall–Kier alpha value is -1.08. The van der Waals surface area contributed by atoms with Gasteiger partial charge in [-0.3, -0.25) is 0 Å². The molecule has 0 radical (unpaired) electrons. The van der Waals surface area contributed by atoms with Crippen molar-refractivity contribution in [1.29, 1.82) is 0 Å². The molecular weight excluding hydrogens is 365 g/mol. The summed E-state index contributed by atoms with van der Waals surface area (Å²) >= 11 is 7.89. The van der Waals surface area contributed by atoms with Gasteiger partial charge < -0.3 is 10.1 Å². The number of hydrogen-bond acceptors (Lipinski definition) is 4. The highest BCUT2D eigenvalue weighted by Crippen LogP contribution is 2.15. The molecule has 4 nitrogen and oxygen atoms in total. The van der Waals surface area contributed by atoms with Gasteiger partial charge in [0.15, 0.2) is 3.83 Å². The molecule has 1 N–H and O–H groups in total. The van der Waals surface area contributed by atoms with E-state index in [-0.39, 0.29) is 0 Å². The third-order valence-corrected chi connectivity index (χ3v) is 2.98. The maximum absolute atomic E-state index is 5.86. The Labute approximate surface area is 124 Å². The van der Waals surface area contributed by atoms with E-state index in [0.717, 1.165) is 17.1 Å². The molecule has 1 heterocycles. The molecule has 0 aliphatic heterocycles. The van der Waals surface area contributed by atoms with E-state index in [1.807, 2.05) is 46.9 Å². The Morgan fingerprint density at radius 1 is 1.28 bits per heavy atom. The van der Waals surface area contributed by atoms with E-state index < -0.39 is 0 Å². The molecule has 0 saturated carbocycles. The predicted molar refractivity (Wildman–Crippen MR) is 80.1 cm³/mol. The Balaban J connectivity index is 2.01. The van der Waals surface area contributed by atoms with Gasteiger partial charge in [0.2, 0.25) is 0 Å². The molecule has 0 bridgehead atoms. The maximum atomic E-state index is 5.86. The lowest BCUT2D eigenvalue weighted by atomic mass is 10.2. The minimum atomic E-state index is 0.437. The summed E-state index contributed by atoms with van der Waals surface area (Å²) in [4.78, 5) is 8.23. The van der Waals surface area contributed by atoms with E-state index in [9.17, 15) is 0 Å². The molecule has 2 rings (SSSR count). The minimum Gasteiger partial charge on any atom is -0.497 e. The van der Waals surface area contributed by atoms with E-state index in [1.165, 1.54) is 0 Å². The van der Waals surface area contributed by atoms with Crippen LogP contribution in [0.5, 0.6) is 5.75 Å². The number of aromatic nitrogens is 2. The summed E-state index contributed by atoms with van der Waals surface area (Å²) in [6, 6.07) is 9.55. The van der Waals surface area contributed by atoms with Crippen LogP contribution in [-0.4, -0.2) is 17.1 Å². The largest absolute Gasteiger partial charge is 0.497 e. The monoisotopic (exact) mass is 375 g/mol. The van der Waals surface area contributed by atoms with E-state index in [0.29, 0.717) is 15.5 Å². The molecule has 0 amide bonds. The summed E-state index contributed by atoms with van der Waals surface area (Å²) in [6.07, 6.45) is 0. The number of benzene rings is 1. The van der Waals surface area contributed by atoms with Gasteiger partial charge in [-0.2, -0.15) is 0 Å². The lowest BCUT2D eigenvalue weighted by Gasteiger charge is -2.07. The minimum absolute atomic E-state index is 0.437. The molecule has 6 heteroatoms. The first-order valence-corrected chi connectivity index (χ1v) is 6.70. The van der Waals surface area contributed by atoms with E-state index in [2.05, 4.69) is 15.3 Å². The van der Waals surface area contributed by atoms with Crippen molar-refractivity contribution in [3.63, 3.8) is 0 Å². The molecule has 0 aliphatic carbocycles. The van der Waals surface area contributed by atoms with Crippen molar-refractivity contribution in [3.8, 4) is 5.75 Å². The molecule has 2 aromatic rings. The summed E-state index contributed by atoms with van der Waals surface area (Å²) in [5.74, 6) is 1.56. The molecule has 0 fully saturated rings. The highest BCUT2D eigenvalue weighted by atomic mass is 127. The van der Waals surface area contributed by atoms with Crippen molar-refractivity contribution < 1.29 is 4.74 Å². The number of nitrogens with zero attached hydrogens (tertiary/aromatic N) is 2. The van der Waals surface area contributed by atoms with Crippen LogP contribution in [0, 0.1) is 3.83 Å². The SMILES string of the molecule is COc1ccc(CNc2cc(Cl)nc(I)n2)cc1. The second kappa shape index (κ2) is 6.19. The second-order valence-electron chi connectivity index (χ2n) is 3.55. The first-order chi connectivity index (χ1) is 8.67. The van der Waals surface area contributed by atoms with E-state index in [1.54, 1.807) is 13.2 Å². The summed E-state index contributed by atoms with van der Waals surface area (Å²) in [5, 5.41) is 3.64. The number of ether oxygens (including phenoxy) is 1. The van der Waals surface area contributed by atoms with Crippen LogP contribution in [-0.2, 0) is 6.54 Å². The van der Waals surface area contributed by atoms with Gasteiger partial charge in [-0.1, -0.05) is 23.7 Å². The molecule has 0 atom stereocenters. The fourth-order valence-electron chi connectivity index (χ4n) is 1.42.